The molecule has 0 bridgehead atoms. The Morgan fingerprint density at radius 2 is 1.52 bits per heavy atom. The molecule has 0 aliphatic rings. The van der Waals surface area contributed by atoms with Crippen molar-refractivity contribution in [3.05, 3.63) is 35.9 Å². The largest absolute Gasteiger partial charge is 0.480 e. The van der Waals surface area contributed by atoms with Gasteiger partial charge in [-0.3, -0.25) is 14.4 Å². The molecule has 0 fully saturated rings. The van der Waals surface area contributed by atoms with Gasteiger partial charge in [-0.25, -0.2) is 4.79 Å². The van der Waals surface area contributed by atoms with Crippen LogP contribution in [-0.2, 0) is 25.6 Å². The van der Waals surface area contributed by atoms with E-state index in [9.17, 15) is 24.3 Å². The van der Waals surface area contributed by atoms with Gasteiger partial charge in [0.1, 0.15) is 18.1 Å². The average Bonchev–Trinajstić information content (AvgIpc) is 2.79. The van der Waals surface area contributed by atoms with Gasteiger partial charge in [0.15, 0.2) is 0 Å². The fraction of sp³-hybridized carbons (Fsp3) is 0.565. The minimum atomic E-state index is -1.18. The number of amides is 3. The first-order valence-electron chi connectivity index (χ1n) is 11.1. The summed E-state index contributed by atoms with van der Waals surface area (Å²) >= 11 is 4.14. The summed E-state index contributed by atoms with van der Waals surface area (Å²) in [7, 11) is 0. The molecular formula is C23H36N4O5S. The lowest BCUT2D eigenvalue weighted by molar-refractivity contribution is -0.142. The Bertz CT molecular complexity index is 805. The van der Waals surface area contributed by atoms with E-state index >= 15 is 0 Å². The van der Waals surface area contributed by atoms with Gasteiger partial charge in [-0.2, -0.15) is 12.6 Å². The van der Waals surface area contributed by atoms with Crippen LogP contribution in [0.15, 0.2) is 30.3 Å². The van der Waals surface area contributed by atoms with Crippen molar-refractivity contribution in [1.82, 2.24) is 16.0 Å². The van der Waals surface area contributed by atoms with E-state index in [1.54, 1.807) is 45.0 Å². The topological polar surface area (TPSA) is 151 Å². The third-order valence-corrected chi connectivity index (χ3v) is 5.89. The number of hydrogen-bond acceptors (Lipinski definition) is 6. The highest BCUT2D eigenvalue weighted by Gasteiger charge is 2.32. The lowest BCUT2D eigenvalue weighted by Crippen LogP contribution is -2.59. The highest BCUT2D eigenvalue weighted by Crippen LogP contribution is 2.11. The molecule has 1 aromatic carbocycles. The van der Waals surface area contributed by atoms with E-state index < -0.39 is 47.9 Å². The van der Waals surface area contributed by atoms with Gasteiger partial charge in [-0.1, -0.05) is 64.4 Å². The number of nitrogens with one attached hydrogen (secondary N) is 3. The van der Waals surface area contributed by atoms with E-state index in [-0.39, 0.29) is 24.0 Å². The van der Waals surface area contributed by atoms with E-state index in [0.29, 0.717) is 6.42 Å². The van der Waals surface area contributed by atoms with Crippen LogP contribution in [0.5, 0.6) is 0 Å². The van der Waals surface area contributed by atoms with Crippen LogP contribution in [0.4, 0.5) is 0 Å². The molecule has 0 aromatic heterocycles. The van der Waals surface area contributed by atoms with Crippen molar-refractivity contribution in [2.75, 3.05) is 5.75 Å². The molecule has 3 amide bonds. The number of carbonyl (C=O) groups excluding carboxylic acids is 3. The molecule has 0 spiro atoms. The van der Waals surface area contributed by atoms with Crippen LogP contribution in [0, 0.1) is 11.8 Å². The van der Waals surface area contributed by atoms with Crippen LogP contribution in [0.25, 0.3) is 0 Å². The molecule has 0 radical (unpaired) electrons. The third kappa shape index (κ3) is 9.05. The van der Waals surface area contributed by atoms with E-state index in [0.717, 1.165) is 5.56 Å². The molecule has 1 rings (SSSR count). The first-order chi connectivity index (χ1) is 15.5. The summed E-state index contributed by atoms with van der Waals surface area (Å²) in [6.45, 7) is 7.21. The van der Waals surface area contributed by atoms with Crippen LogP contribution < -0.4 is 21.7 Å². The molecule has 0 aliphatic carbocycles. The number of benzene rings is 1. The Morgan fingerprint density at radius 1 is 0.939 bits per heavy atom. The van der Waals surface area contributed by atoms with Gasteiger partial charge in [0.05, 0.1) is 6.04 Å². The van der Waals surface area contributed by atoms with Gasteiger partial charge in [-0.15, -0.1) is 0 Å². The Balaban J connectivity index is 2.94. The van der Waals surface area contributed by atoms with Gasteiger partial charge < -0.3 is 26.8 Å². The molecule has 184 valence electrons. The predicted octanol–water partition coefficient (Wildman–Crippen LogP) is 0.727. The second-order valence-corrected chi connectivity index (χ2v) is 8.84. The van der Waals surface area contributed by atoms with Gasteiger partial charge in [0, 0.05) is 12.2 Å². The number of carbonyl (C=O) groups is 4. The number of thiol groups is 1. The van der Waals surface area contributed by atoms with Crippen molar-refractivity contribution >= 4 is 36.3 Å². The van der Waals surface area contributed by atoms with Crippen molar-refractivity contribution in [2.24, 2.45) is 17.6 Å². The molecule has 5 unspecified atom stereocenters. The minimum absolute atomic E-state index is 0.00297. The number of aliphatic carboxylic acids is 1. The number of nitrogens with two attached hydrogens (primary N) is 1. The summed E-state index contributed by atoms with van der Waals surface area (Å²) in [5.74, 6) is -3.27. The molecule has 6 N–H and O–H groups in total. The number of carboxylic acid groups (broad SMARTS) is 1. The fourth-order valence-electron chi connectivity index (χ4n) is 3.03. The molecule has 0 heterocycles. The Kier molecular flexibility index (Phi) is 11.9. The van der Waals surface area contributed by atoms with Crippen LogP contribution in [0.2, 0.25) is 0 Å². The summed E-state index contributed by atoms with van der Waals surface area (Å²) in [5.41, 5.74) is 6.60. The van der Waals surface area contributed by atoms with E-state index in [1.165, 1.54) is 0 Å². The Morgan fingerprint density at radius 3 is 2.00 bits per heavy atom. The summed E-state index contributed by atoms with van der Waals surface area (Å²) in [6.07, 6.45) is 0.663. The molecule has 9 nitrogen and oxygen atoms in total. The monoisotopic (exact) mass is 480 g/mol. The van der Waals surface area contributed by atoms with E-state index in [2.05, 4.69) is 28.6 Å². The van der Waals surface area contributed by atoms with Crippen LogP contribution in [-0.4, -0.2) is 58.7 Å². The number of carboxylic acids is 1. The van der Waals surface area contributed by atoms with Crippen molar-refractivity contribution in [2.45, 2.75) is 64.7 Å². The minimum Gasteiger partial charge on any atom is -0.480 e. The Labute approximate surface area is 200 Å². The quantitative estimate of drug-likeness (QED) is 0.229. The van der Waals surface area contributed by atoms with Gasteiger partial charge in [-0.05, 0) is 17.4 Å². The van der Waals surface area contributed by atoms with Crippen molar-refractivity contribution in [3.8, 4) is 0 Å². The van der Waals surface area contributed by atoms with Gasteiger partial charge in [0.2, 0.25) is 17.7 Å². The maximum atomic E-state index is 13.0. The first kappa shape index (κ1) is 28.4. The zero-order chi connectivity index (χ0) is 25.1. The fourth-order valence-corrected chi connectivity index (χ4v) is 3.29. The summed E-state index contributed by atoms with van der Waals surface area (Å²) in [5, 5.41) is 17.3. The lowest BCUT2D eigenvalue weighted by Gasteiger charge is -2.28. The molecule has 0 saturated carbocycles. The highest BCUT2D eigenvalue weighted by atomic mass is 32.1. The van der Waals surface area contributed by atoms with Gasteiger partial charge >= 0.3 is 5.97 Å². The molecular weight excluding hydrogens is 444 g/mol. The normalized spacial score (nSPS) is 15.6. The molecule has 0 aliphatic heterocycles. The average molecular weight is 481 g/mol. The smallest absolute Gasteiger partial charge is 0.326 e. The molecule has 1 aromatic rings. The van der Waals surface area contributed by atoms with Crippen LogP contribution in [0.3, 0.4) is 0 Å². The van der Waals surface area contributed by atoms with Crippen molar-refractivity contribution < 1.29 is 24.3 Å². The molecule has 10 heteroatoms. The lowest BCUT2D eigenvalue weighted by atomic mass is 9.97. The summed E-state index contributed by atoms with van der Waals surface area (Å²) in [6, 6.07) is 5.01. The van der Waals surface area contributed by atoms with Gasteiger partial charge in [0.25, 0.3) is 0 Å². The predicted molar refractivity (Wildman–Crippen MR) is 130 cm³/mol. The summed E-state index contributed by atoms with van der Waals surface area (Å²) < 4.78 is 0. The number of rotatable bonds is 13. The summed E-state index contributed by atoms with van der Waals surface area (Å²) in [4.78, 5) is 49.8. The SMILES string of the molecule is CCC(C)C(NC(=O)C(CS)NC(=O)C(N)C(C)C)C(=O)NC(Cc1ccccc1)C(=O)O. The van der Waals surface area contributed by atoms with Crippen LogP contribution in [0.1, 0.15) is 39.7 Å². The van der Waals surface area contributed by atoms with Crippen LogP contribution >= 0.6 is 12.6 Å². The van der Waals surface area contributed by atoms with E-state index in [4.69, 9.17) is 5.73 Å². The second-order valence-electron chi connectivity index (χ2n) is 8.47. The maximum Gasteiger partial charge on any atom is 0.326 e. The van der Waals surface area contributed by atoms with Crippen molar-refractivity contribution in [3.63, 3.8) is 0 Å². The first-order valence-corrected chi connectivity index (χ1v) is 11.7. The molecule has 33 heavy (non-hydrogen) atoms. The molecule has 0 saturated heterocycles. The zero-order valence-corrected chi connectivity index (χ0v) is 20.5. The standard InChI is InChI=1S/C23H36N4O5S/c1-5-14(4)19(27-20(28)17(12-33)26-21(29)18(24)13(2)3)22(30)25-16(23(31)32)11-15-9-7-6-8-10-15/h6-10,13-14,16-19,33H,5,11-12,24H2,1-4H3,(H,25,30)(H,26,29)(H,27,28)(H,31,32). The van der Waals surface area contributed by atoms with E-state index in [1.807, 2.05) is 13.0 Å². The molecule has 5 atom stereocenters. The maximum absolute atomic E-state index is 13.0. The third-order valence-electron chi connectivity index (χ3n) is 5.53. The Hall–Kier alpha value is -2.59. The number of hydrogen-bond donors (Lipinski definition) is 6. The zero-order valence-electron chi connectivity index (χ0n) is 19.6. The van der Waals surface area contributed by atoms with Crippen molar-refractivity contribution in [1.29, 1.82) is 0 Å². The second kappa shape index (κ2) is 13.8. The highest BCUT2D eigenvalue weighted by molar-refractivity contribution is 7.80.